The SMILES string of the molecule is NC(=O)CCN1C(=O)/C(=C/c2cc(-c3cc(C(F)(F)F)cc(C(F)(F)F)c3)ccc2OCN2CCOCC2)SC1=S. The maximum absolute atomic E-state index is 13.5. The van der Waals surface area contributed by atoms with Gasteiger partial charge in [0.2, 0.25) is 5.91 Å². The Morgan fingerprint density at radius 3 is 2.24 bits per heavy atom. The topological polar surface area (TPSA) is 85.1 Å². The van der Waals surface area contributed by atoms with Gasteiger partial charge in [-0.05, 0) is 47.5 Å². The highest BCUT2D eigenvalue weighted by molar-refractivity contribution is 8.26. The van der Waals surface area contributed by atoms with Gasteiger partial charge < -0.3 is 15.2 Å². The van der Waals surface area contributed by atoms with Crippen molar-refractivity contribution in [2.45, 2.75) is 18.8 Å². The second kappa shape index (κ2) is 12.4. The van der Waals surface area contributed by atoms with Crippen LogP contribution in [0.4, 0.5) is 26.3 Å². The first-order valence-corrected chi connectivity index (χ1v) is 13.4. The molecule has 0 atom stereocenters. The number of thioether (sulfide) groups is 1. The third-order valence-corrected chi connectivity index (χ3v) is 7.56. The number of ether oxygens (including phenoxy) is 2. The van der Waals surface area contributed by atoms with E-state index in [0.29, 0.717) is 38.4 Å². The van der Waals surface area contributed by atoms with Crippen LogP contribution in [-0.4, -0.2) is 65.5 Å². The number of amides is 2. The summed E-state index contributed by atoms with van der Waals surface area (Å²) >= 11 is 6.18. The molecular formula is C26H23F6N3O4S2. The fourth-order valence-corrected chi connectivity index (χ4v) is 5.34. The summed E-state index contributed by atoms with van der Waals surface area (Å²) in [6, 6.07) is 5.43. The molecule has 2 aliphatic rings. The lowest BCUT2D eigenvalue weighted by Crippen LogP contribution is -2.38. The zero-order chi connectivity index (χ0) is 29.9. The van der Waals surface area contributed by atoms with Gasteiger partial charge in [0.05, 0.1) is 29.2 Å². The Bertz CT molecular complexity index is 1340. The number of hydrogen-bond acceptors (Lipinski definition) is 7. The van der Waals surface area contributed by atoms with Crippen molar-refractivity contribution < 1.29 is 45.4 Å². The van der Waals surface area contributed by atoms with Gasteiger partial charge in [0.15, 0.2) is 0 Å². The number of halogens is 6. The van der Waals surface area contributed by atoms with E-state index in [-0.39, 0.29) is 57.4 Å². The molecule has 0 spiro atoms. The highest BCUT2D eigenvalue weighted by Crippen LogP contribution is 2.40. The monoisotopic (exact) mass is 619 g/mol. The van der Waals surface area contributed by atoms with Gasteiger partial charge in [-0.2, -0.15) is 26.3 Å². The van der Waals surface area contributed by atoms with E-state index < -0.39 is 35.3 Å². The molecule has 41 heavy (non-hydrogen) atoms. The Kier molecular flexibility index (Phi) is 9.31. The molecule has 0 aliphatic carbocycles. The second-order valence-electron chi connectivity index (χ2n) is 9.10. The molecule has 2 saturated heterocycles. The summed E-state index contributed by atoms with van der Waals surface area (Å²) in [4.78, 5) is 27.5. The van der Waals surface area contributed by atoms with E-state index in [9.17, 15) is 35.9 Å². The quantitative estimate of drug-likeness (QED) is 0.249. The van der Waals surface area contributed by atoms with Crippen LogP contribution in [0.1, 0.15) is 23.1 Å². The van der Waals surface area contributed by atoms with Crippen LogP contribution in [0.2, 0.25) is 0 Å². The van der Waals surface area contributed by atoms with Gasteiger partial charge in [0, 0.05) is 31.6 Å². The molecule has 2 heterocycles. The van der Waals surface area contributed by atoms with E-state index in [1.54, 1.807) is 0 Å². The third kappa shape index (κ3) is 7.78. The summed E-state index contributed by atoms with van der Waals surface area (Å²) in [5, 5.41) is 0. The Morgan fingerprint density at radius 2 is 1.66 bits per heavy atom. The Labute approximate surface area is 240 Å². The van der Waals surface area contributed by atoms with Crippen LogP contribution in [0.25, 0.3) is 17.2 Å². The molecule has 2 amide bonds. The minimum Gasteiger partial charge on any atom is -0.478 e. The summed E-state index contributed by atoms with van der Waals surface area (Å²) in [6.07, 6.45) is -8.75. The number of alkyl halides is 6. The lowest BCUT2D eigenvalue weighted by atomic mass is 9.97. The maximum Gasteiger partial charge on any atom is 0.416 e. The zero-order valence-electron chi connectivity index (χ0n) is 21.2. The number of primary amides is 1. The maximum atomic E-state index is 13.5. The highest BCUT2D eigenvalue weighted by atomic mass is 32.2. The average Bonchev–Trinajstić information content (AvgIpc) is 3.17. The number of morpholine rings is 1. The van der Waals surface area contributed by atoms with E-state index in [4.69, 9.17) is 27.4 Å². The first kappa shape index (κ1) is 30.8. The number of nitrogens with zero attached hydrogens (tertiary/aromatic N) is 2. The van der Waals surface area contributed by atoms with Crippen molar-refractivity contribution in [3.63, 3.8) is 0 Å². The van der Waals surface area contributed by atoms with E-state index >= 15 is 0 Å². The van der Waals surface area contributed by atoms with Crippen LogP contribution in [-0.2, 0) is 26.7 Å². The highest BCUT2D eigenvalue weighted by Gasteiger charge is 2.37. The number of hydrogen-bond donors (Lipinski definition) is 1. The number of carbonyl (C=O) groups is 2. The van der Waals surface area contributed by atoms with Crippen molar-refractivity contribution in [1.29, 1.82) is 0 Å². The fourth-order valence-electron chi connectivity index (χ4n) is 4.04. The number of benzene rings is 2. The molecule has 0 aromatic heterocycles. The van der Waals surface area contributed by atoms with Gasteiger partial charge in [-0.25, -0.2) is 0 Å². The molecule has 15 heteroatoms. The predicted molar refractivity (Wildman–Crippen MR) is 143 cm³/mol. The smallest absolute Gasteiger partial charge is 0.416 e. The number of rotatable bonds is 8. The second-order valence-corrected chi connectivity index (χ2v) is 10.8. The van der Waals surface area contributed by atoms with Crippen LogP contribution in [0, 0.1) is 0 Å². The summed E-state index contributed by atoms with van der Waals surface area (Å²) < 4.78 is 92.3. The summed E-state index contributed by atoms with van der Waals surface area (Å²) in [7, 11) is 0. The van der Waals surface area contributed by atoms with Crippen molar-refractivity contribution in [3.8, 4) is 16.9 Å². The molecule has 7 nitrogen and oxygen atoms in total. The number of nitrogens with two attached hydrogens (primary N) is 1. The van der Waals surface area contributed by atoms with Gasteiger partial charge in [-0.15, -0.1) is 0 Å². The summed E-state index contributed by atoms with van der Waals surface area (Å²) in [6.45, 7) is 2.28. The molecule has 0 bridgehead atoms. The lowest BCUT2D eigenvalue weighted by molar-refractivity contribution is -0.143. The third-order valence-electron chi connectivity index (χ3n) is 6.18. The average molecular weight is 620 g/mol. The Balaban J connectivity index is 1.75. The molecule has 0 saturated carbocycles. The molecule has 2 aromatic rings. The van der Waals surface area contributed by atoms with E-state index in [1.165, 1.54) is 29.2 Å². The standard InChI is InChI=1S/C26H23F6N3O4S2/c27-25(28,29)18-10-16(11-19(13-18)26(30,31)32)15-1-2-20(39-14-34-5-7-38-8-6-34)17(9-15)12-21-23(37)35(24(40)41-21)4-3-22(33)36/h1-2,9-13H,3-8,14H2,(H2,33,36)/b21-12-. The van der Waals surface area contributed by atoms with Crippen LogP contribution < -0.4 is 10.5 Å². The first-order chi connectivity index (χ1) is 19.2. The molecule has 0 radical (unpaired) electrons. The van der Waals surface area contributed by atoms with Crippen LogP contribution in [0.3, 0.4) is 0 Å². The van der Waals surface area contributed by atoms with Crippen LogP contribution >= 0.6 is 24.0 Å². The van der Waals surface area contributed by atoms with Crippen molar-refractivity contribution in [2.75, 3.05) is 39.6 Å². The van der Waals surface area contributed by atoms with E-state index in [2.05, 4.69) is 0 Å². The molecular weight excluding hydrogens is 596 g/mol. The normalized spacial score (nSPS) is 17.9. The number of thiocarbonyl (C=S) groups is 1. The lowest BCUT2D eigenvalue weighted by Gasteiger charge is -2.26. The summed E-state index contributed by atoms with van der Waals surface area (Å²) in [5.74, 6) is -0.913. The largest absolute Gasteiger partial charge is 0.478 e. The fraction of sp³-hybridized carbons (Fsp3) is 0.346. The van der Waals surface area contributed by atoms with Crippen molar-refractivity contribution in [1.82, 2.24) is 9.80 Å². The van der Waals surface area contributed by atoms with E-state index in [0.717, 1.165) is 11.8 Å². The number of carbonyl (C=O) groups excluding carboxylic acids is 2. The minimum absolute atomic E-state index is 0.0378. The van der Waals surface area contributed by atoms with Crippen molar-refractivity contribution in [3.05, 3.63) is 58.0 Å². The van der Waals surface area contributed by atoms with Gasteiger partial charge in [-0.3, -0.25) is 19.4 Å². The van der Waals surface area contributed by atoms with Gasteiger partial charge in [0.1, 0.15) is 16.8 Å². The Hall–Kier alpha value is -3.14. The molecule has 220 valence electrons. The predicted octanol–water partition coefficient (Wildman–Crippen LogP) is 5.14. The van der Waals surface area contributed by atoms with Crippen LogP contribution in [0.15, 0.2) is 41.3 Å². The van der Waals surface area contributed by atoms with Crippen LogP contribution in [0.5, 0.6) is 5.75 Å². The zero-order valence-corrected chi connectivity index (χ0v) is 22.8. The van der Waals surface area contributed by atoms with Crippen molar-refractivity contribution >= 4 is 46.2 Å². The molecule has 2 aromatic carbocycles. The summed E-state index contributed by atoms with van der Waals surface area (Å²) in [5.41, 5.74) is 2.21. The van der Waals surface area contributed by atoms with Gasteiger partial charge >= 0.3 is 12.4 Å². The molecule has 2 N–H and O–H groups in total. The van der Waals surface area contributed by atoms with E-state index in [1.807, 2.05) is 4.90 Å². The molecule has 2 aliphatic heterocycles. The first-order valence-electron chi connectivity index (χ1n) is 12.1. The molecule has 0 unspecified atom stereocenters. The van der Waals surface area contributed by atoms with Crippen molar-refractivity contribution in [2.24, 2.45) is 5.73 Å². The Morgan fingerprint density at radius 1 is 1.02 bits per heavy atom. The minimum atomic E-state index is -5.01. The molecule has 4 rings (SSSR count). The van der Waals surface area contributed by atoms with Gasteiger partial charge in [-0.1, -0.05) is 30.0 Å². The molecule has 2 fully saturated rings. The van der Waals surface area contributed by atoms with Gasteiger partial charge in [0.25, 0.3) is 5.91 Å².